The van der Waals surface area contributed by atoms with Crippen LogP contribution < -0.4 is 5.32 Å². The largest absolute Gasteiger partial charge is 0.379 e. The van der Waals surface area contributed by atoms with E-state index in [9.17, 15) is 4.79 Å². The number of carbonyl (C=O) groups is 1. The molecule has 0 aliphatic carbocycles. The molecule has 0 radical (unpaired) electrons. The van der Waals surface area contributed by atoms with E-state index < -0.39 is 0 Å². The first-order valence-electron chi connectivity index (χ1n) is 9.07. The second kappa shape index (κ2) is 10.4. The van der Waals surface area contributed by atoms with E-state index in [-0.39, 0.29) is 6.03 Å². The molecule has 1 heterocycles. The molecule has 0 spiro atoms. The zero-order chi connectivity index (χ0) is 18.1. The van der Waals surface area contributed by atoms with E-state index in [4.69, 9.17) is 9.47 Å². The Balaban J connectivity index is 1.83. The fourth-order valence-electron chi connectivity index (χ4n) is 2.95. The van der Waals surface area contributed by atoms with Crippen LogP contribution in [0, 0.1) is 0 Å². The van der Waals surface area contributed by atoms with Crippen LogP contribution in [0.1, 0.15) is 25.3 Å². The third-order valence-electron chi connectivity index (χ3n) is 4.44. The van der Waals surface area contributed by atoms with E-state index in [1.807, 2.05) is 36.1 Å². The molecule has 25 heavy (non-hydrogen) atoms. The summed E-state index contributed by atoms with van der Waals surface area (Å²) >= 11 is 0. The molecule has 2 amide bonds. The average molecular weight is 349 g/mol. The fourth-order valence-corrected chi connectivity index (χ4v) is 2.95. The molecule has 1 aliphatic heterocycles. The van der Waals surface area contributed by atoms with E-state index in [2.05, 4.69) is 24.3 Å². The van der Waals surface area contributed by atoms with Gasteiger partial charge in [0.1, 0.15) is 0 Å². The predicted octanol–water partition coefficient (Wildman–Crippen LogP) is 2.80. The smallest absolute Gasteiger partial charge is 0.321 e. The number of hydrogen-bond acceptors (Lipinski definition) is 4. The minimum absolute atomic E-state index is 0.0269. The third-order valence-corrected chi connectivity index (χ3v) is 4.44. The fraction of sp³-hybridized carbons (Fsp3) is 0.632. The van der Waals surface area contributed by atoms with Crippen LogP contribution in [0.3, 0.4) is 0 Å². The van der Waals surface area contributed by atoms with Crippen LogP contribution in [-0.2, 0) is 16.1 Å². The van der Waals surface area contributed by atoms with Crippen molar-refractivity contribution in [3.05, 3.63) is 29.8 Å². The third kappa shape index (κ3) is 6.65. The molecule has 0 unspecified atom stereocenters. The summed E-state index contributed by atoms with van der Waals surface area (Å²) < 4.78 is 10.8. The molecule has 6 heteroatoms. The zero-order valence-corrected chi connectivity index (χ0v) is 15.7. The Kier molecular flexibility index (Phi) is 8.18. The number of ether oxygens (including phenoxy) is 2. The van der Waals surface area contributed by atoms with Gasteiger partial charge in [-0.15, -0.1) is 0 Å². The van der Waals surface area contributed by atoms with Gasteiger partial charge in [0.15, 0.2) is 0 Å². The van der Waals surface area contributed by atoms with Crippen LogP contribution in [0.25, 0.3) is 0 Å². The van der Waals surface area contributed by atoms with Crippen LogP contribution in [0.4, 0.5) is 10.5 Å². The molecule has 1 N–H and O–H groups in total. The number of piperidine rings is 1. The van der Waals surface area contributed by atoms with E-state index >= 15 is 0 Å². The molecular formula is C19H31N3O3. The summed E-state index contributed by atoms with van der Waals surface area (Å²) in [5.74, 6) is 0. The molecule has 1 saturated heterocycles. The van der Waals surface area contributed by atoms with Crippen LogP contribution in [0.15, 0.2) is 24.3 Å². The van der Waals surface area contributed by atoms with Crippen LogP contribution in [0.5, 0.6) is 0 Å². The molecular weight excluding hydrogens is 318 g/mol. The highest BCUT2D eigenvalue weighted by Gasteiger charge is 2.24. The van der Waals surface area contributed by atoms with E-state index in [1.165, 1.54) is 0 Å². The summed E-state index contributed by atoms with van der Waals surface area (Å²) in [6.45, 7) is 5.96. The molecule has 1 aromatic rings. The van der Waals surface area contributed by atoms with Gasteiger partial charge in [0, 0.05) is 31.4 Å². The van der Waals surface area contributed by atoms with Crippen molar-refractivity contribution >= 4 is 11.7 Å². The minimum atomic E-state index is -0.0269. The predicted molar refractivity (Wildman–Crippen MR) is 99.9 cm³/mol. The Bertz CT molecular complexity index is 536. The lowest BCUT2D eigenvalue weighted by atomic mass is 10.1. The highest BCUT2D eigenvalue weighted by Crippen LogP contribution is 2.17. The van der Waals surface area contributed by atoms with Gasteiger partial charge in [0.05, 0.1) is 19.8 Å². The number of nitrogens with zero attached hydrogens (tertiary/aromatic N) is 2. The maximum Gasteiger partial charge on any atom is 0.321 e. The van der Waals surface area contributed by atoms with Gasteiger partial charge >= 0.3 is 6.03 Å². The highest BCUT2D eigenvalue weighted by molar-refractivity contribution is 5.89. The van der Waals surface area contributed by atoms with Crippen LogP contribution >= 0.6 is 0 Å². The monoisotopic (exact) mass is 349 g/mol. The summed E-state index contributed by atoms with van der Waals surface area (Å²) in [7, 11) is 4.14. The Hall–Kier alpha value is -1.63. The van der Waals surface area contributed by atoms with Gasteiger partial charge < -0.3 is 24.6 Å². The number of benzene rings is 1. The summed E-state index contributed by atoms with van der Waals surface area (Å²) in [6.07, 6.45) is 2.19. The van der Waals surface area contributed by atoms with Crippen molar-refractivity contribution in [2.24, 2.45) is 0 Å². The maximum absolute atomic E-state index is 12.5. The van der Waals surface area contributed by atoms with Gasteiger partial charge in [-0.1, -0.05) is 12.1 Å². The summed E-state index contributed by atoms with van der Waals surface area (Å²) in [6, 6.07) is 8.22. The van der Waals surface area contributed by atoms with E-state index in [1.54, 1.807) is 0 Å². The number of carbonyl (C=O) groups excluding carboxylic acids is 1. The number of likely N-dealkylation sites (tertiary alicyclic amines) is 1. The SMILES string of the molecule is CCOCCOCc1cccc(NC(=O)N2CCC[C@@H](N(C)C)C2)c1. The number of hydrogen-bond donors (Lipinski definition) is 1. The number of nitrogens with one attached hydrogen (secondary N) is 1. The van der Waals surface area contributed by atoms with Crippen molar-refractivity contribution in [2.75, 3.05) is 52.3 Å². The number of rotatable bonds is 8. The number of amides is 2. The molecule has 1 aliphatic rings. The highest BCUT2D eigenvalue weighted by atomic mass is 16.5. The van der Waals surface area contributed by atoms with Crippen molar-refractivity contribution in [3.8, 4) is 0 Å². The Morgan fingerprint density at radius 1 is 1.32 bits per heavy atom. The Morgan fingerprint density at radius 3 is 2.88 bits per heavy atom. The van der Waals surface area contributed by atoms with Crippen molar-refractivity contribution in [2.45, 2.75) is 32.4 Å². The van der Waals surface area contributed by atoms with Gasteiger partial charge in [-0.2, -0.15) is 0 Å². The summed E-state index contributed by atoms with van der Waals surface area (Å²) in [4.78, 5) is 16.6. The van der Waals surface area contributed by atoms with Crippen LogP contribution in [0.2, 0.25) is 0 Å². The van der Waals surface area contributed by atoms with Crippen molar-refractivity contribution in [3.63, 3.8) is 0 Å². The quantitative estimate of drug-likeness (QED) is 0.733. The van der Waals surface area contributed by atoms with Crippen LogP contribution in [-0.4, -0.2) is 68.9 Å². The average Bonchev–Trinajstić information content (AvgIpc) is 2.62. The molecule has 1 aromatic carbocycles. The molecule has 140 valence electrons. The topological polar surface area (TPSA) is 54.0 Å². The summed E-state index contributed by atoms with van der Waals surface area (Å²) in [5.41, 5.74) is 1.85. The summed E-state index contributed by atoms with van der Waals surface area (Å²) in [5, 5.41) is 3.01. The Morgan fingerprint density at radius 2 is 2.12 bits per heavy atom. The molecule has 1 fully saturated rings. The molecule has 6 nitrogen and oxygen atoms in total. The van der Waals surface area contributed by atoms with Gasteiger partial charge in [0.25, 0.3) is 0 Å². The van der Waals surface area contributed by atoms with Crippen molar-refractivity contribution in [1.29, 1.82) is 0 Å². The van der Waals surface area contributed by atoms with Gasteiger partial charge in [-0.05, 0) is 51.6 Å². The number of likely N-dealkylation sites (N-methyl/N-ethyl adjacent to an activating group) is 1. The van der Waals surface area contributed by atoms with Crippen molar-refractivity contribution < 1.29 is 14.3 Å². The molecule has 0 aromatic heterocycles. The maximum atomic E-state index is 12.5. The van der Waals surface area contributed by atoms with Gasteiger partial charge in [-0.3, -0.25) is 0 Å². The van der Waals surface area contributed by atoms with Gasteiger partial charge in [-0.25, -0.2) is 4.79 Å². The second-order valence-corrected chi connectivity index (χ2v) is 6.59. The molecule has 1 atom stereocenters. The molecule has 2 rings (SSSR count). The second-order valence-electron chi connectivity index (χ2n) is 6.59. The van der Waals surface area contributed by atoms with Crippen molar-refractivity contribution in [1.82, 2.24) is 9.80 Å². The first kappa shape index (κ1) is 19.7. The lowest BCUT2D eigenvalue weighted by molar-refractivity contribution is 0.0453. The molecule has 0 bridgehead atoms. The van der Waals surface area contributed by atoms with E-state index in [0.29, 0.717) is 32.5 Å². The minimum Gasteiger partial charge on any atom is -0.379 e. The van der Waals surface area contributed by atoms with E-state index in [0.717, 1.165) is 37.2 Å². The first-order chi connectivity index (χ1) is 12.1. The standard InChI is InChI=1S/C19H31N3O3/c1-4-24-11-12-25-15-16-7-5-8-17(13-16)20-19(23)22-10-6-9-18(14-22)21(2)3/h5,7-8,13,18H,4,6,9-12,14-15H2,1-3H3,(H,20,23)/t18-/m1/s1. The number of urea groups is 1. The normalized spacial score (nSPS) is 17.8. The number of anilines is 1. The lowest BCUT2D eigenvalue weighted by Gasteiger charge is -2.36. The van der Waals surface area contributed by atoms with Gasteiger partial charge in [0.2, 0.25) is 0 Å². The molecule has 0 saturated carbocycles. The lowest BCUT2D eigenvalue weighted by Crippen LogP contribution is -2.48. The Labute approximate surface area is 151 Å². The first-order valence-corrected chi connectivity index (χ1v) is 9.07. The zero-order valence-electron chi connectivity index (χ0n) is 15.7.